The second kappa shape index (κ2) is 3.28. The number of hydrogen-bond acceptors (Lipinski definition) is 2. The predicted octanol–water partition coefficient (Wildman–Crippen LogP) is 2.29. The molecule has 0 saturated heterocycles. The molecular formula is C12H17NO. The molecule has 0 fully saturated rings. The van der Waals surface area contributed by atoms with Gasteiger partial charge < -0.3 is 10.5 Å². The van der Waals surface area contributed by atoms with Crippen molar-refractivity contribution in [2.45, 2.75) is 31.7 Å². The van der Waals surface area contributed by atoms with E-state index in [4.69, 9.17) is 10.5 Å². The summed E-state index contributed by atoms with van der Waals surface area (Å²) in [6.45, 7) is 4.95. The van der Waals surface area contributed by atoms with Crippen molar-refractivity contribution in [3.05, 3.63) is 29.8 Å². The van der Waals surface area contributed by atoms with Gasteiger partial charge in [-0.05, 0) is 31.9 Å². The van der Waals surface area contributed by atoms with Crippen LogP contribution in [0.1, 0.15) is 31.7 Å². The largest absolute Gasteiger partial charge is 0.493 e. The van der Waals surface area contributed by atoms with Crippen LogP contribution in [0.15, 0.2) is 24.3 Å². The van der Waals surface area contributed by atoms with Crippen LogP contribution in [0.3, 0.4) is 0 Å². The van der Waals surface area contributed by atoms with Crippen molar-refractivity contribution in [1.82, 2.24) is 0 Å². The minimum Gasteiger partial charge on any atom is -0.493 e. The Hall–Kier alpha value is -1.02. The van der Waals surface area contributed by atoms with Gasteiger partial charge in [0.2, 0.25) is 0 Å². The molecule has 2 rings (SSSR count). The van der Waals surface area contributed by atoms with E-state index in [2.05, 4.69) is 19.9 Å². The lowest BCUT2D eigenvalue weighted by Crippen LogP contribution is -2.41. The third-order valence-electron chi connectivity index (χ3n) is 2.86. The first-order valence-corrected chi connectivity index (χ1v) is 5.09. The second-order valence-corrected chi connectivity index (χ2v) is 4.55. The van der Waals surface area contributed by atoms with Crippen molar-refractivity contribution in [3.8, 4) is 5.75 Å². The molecule has 0 saturated carbocycles. The monoisotopic (exact) mass is 191 g/mol. The topological polar surface area (TPSA) is 35.2 Å². The molecule has 1 atom stereocenters. The molecule has 0 bridgehead atoms. The quantitative estimate of drug-likeness (QED) is 0.739. The van der Waals surface area contributed by atoms with E-state index in [0.717, 1.165) is 18.8 Å². The Labute approximate surface area is 85.1 Å². The Bertz CT molecular complexity index is 327. The lowest BCUT2D eigenvalue weighted by molar-refractivity contribution is 0.233. The maximum atomic E-state index is 6.17. The van der Waals surface area contributed by atoms with E-state index in [-0.39, 0.29) is 5.54 Å². The third kappa shape index (κ3) is 1.62. The lowest BCUT2D eigenvalue weighted by Gasteiger charge is -2.35. The number of benzene rings is 1. The SMILES string of the molecule is CC(C)(N)C1CCOc2ccccc21. The zero-order valence-corrected chi connectivity index (χ0v) is 8.79. The van der Waals surface area contributed by atoms with Crippen molar-refractivity contribution in [2.75, 3.05) is 6.61 Å². The average Bonchev–Trinajstić information content (AvgIpc) is 2.15. The van der Waals surface area contributed by atoms with Crippen LogP contribution in [-0.4, -0.2) is 12.1 Å². The molecule has 0 spiro atoms. The smallest absolute Gasteiger partial charge is 0.122 e. The molecule has 1 aliphatic rings. The summed E-state index contributed by atoms with van der Waals surface area (Å²) in [5.41, 5.74) is 7.26. The maximum absolute atomic E-state index is 6.17. The minimum atomic E-state index is -0.167. The van der Waals surface area contributed by atoms with Crippen LogP contribution >= 0.6 is 0 Å². The highest BCUT2D eigenvalue weighted by Crippen LogP contribution is 2.38. The molecule has 1 aliphatic heterocycles. The number of ether oxygens (including phenoxy) is 1. The number of para-hydroxylation sites is 1. The summed E-state index contributed by atoms with van der Waals surface area (Å²) in [7, 11) is 0. The summed E-state index contributed by atoms with van der Waals surface area (Å²) in [6.07, 6.45) is 1.01. The molecule has 1 heterocycles. The number of fused-ring (bicyclic) bond motifs is 1. The van der Waals surface area contributed by atoms with Crippen LogP contribution in [0, 0.1) is 0 Å². The number of hydrogen-bond donors (Lipinski definition) is 1. The van der Waals surface area contributed by atoms with Gasteiger partial charge in [0.25, 0.3) is 0 Å². The third-order valence-corrected chi connectivity index (χ3v) is 2.86. The minimum absolute atomic E-state index is 0.167. The highest BCUT2D eigenvalue weighted by Gasteiger charge is 2.31. The van der Waals surface area contributed by atoms with E-state index in [9.17, 15) is 0 Å². The van der Waals surface area contributed by atoms with Gasteiger partial charge in [0.15, 0.2) is 0 Å². The molecule has 1 aromatic carbocycles. The van der Waals surface area contributed by atoms with E-state index in [1.165, 1.54) is 5.56 Å². The van der Waals surface area contributed by atoms with Crippen LogP contribution in [0.2, 0.25) is 0 Å². The number of nitrogens with two attached hydrogens (primary N) is 1. The van der Waals surface area contributed by atoms with Crippen LogP contribution in [0.5, 0.6) is 5.75 Å². The van der Waals surface area contributed by atoms with E-state index in [1.54, 1.807) is 0 Å². The van der Waals surface area contributed by atoms with Gasteiger partial charge in [-0.2, -0.15) is 0 Å². The van der Waals surface area contributed by atoms with Crippen molar-refractivity contribution >= 4 is 0 Å². The summed E-state index contributed by atoms with van der Waals surface area (Å²) in [5, 5.41) is 0. The predicted molar refractivity (Wildman–Crippen MR) is 57.6 cm³/mol. The Balaban J connectivity index is 2.41. The molecule has 2 nitrogen and oxygen atoms in total. The van der Waals surface area contributed by atoms with Gasteiger partial charge in [0, 0.05) is 11.5 Å². The molecule has 14 heavy (non-hydrogen) atoms. The Morgan fingerprint density at radius 2 is 2.07 bits per heavy atom. The molecule has 0 aliphatic carbocycles. The fourth-order valence-corrected chi connectivity index (χ4v) is 2.11. The molecule has 1 unspecified atom stereocenters. The van der Waals surface area contributed by atoms with Crippen LogP contribution in [-0.2, 0) is 0 Å². The van der Waals surface area contributed by atoms with Crippen molar-refractivity contribution in [3.63, 3.8) is 0 Å². The van der Waals surface area contributed by atoms with Crippen LogP contribution in [0.4, 0.5) is 0 Å². The first-order valence-electron chi connectivity index (χ1n) is 5.09. The Morgan fingerprint density at radius 1 is 1.36 bits per heavy atom. The first kappa shape index (κ1) is 9.53. The van der Waals surface area contributed by atoms with Crippen molar-refractivity contribution in [2.24, 2.45) is 5.73 Å². The Kier molecular flexibility index (Phi) is 2.23. The van der Waals surface area contributed by atoms with E-state index in [1.807, 2.05) is 18.2 Å². The highest BCUT2D eigenvalue weighted by molar-refractivity contribution is 5.39. The summed E-state index contributed by atoms with van der Waals surface area (Å²) in [4.78, 5) is 0. The van der Waals surface area contributed by atoms with Crippen molar-refractivity contribution < 1.29 is 4.74 Å². The lowest BCUT2D eigenvalue weighted by atomic mass is 9.79. The van der Waals surface area contributed by atoms with E-state index >= 15 is 0 Å². The molecule has 0 aromatic heterocycles. The molecule has 2 N–H and O–H groups in total. The van der Waals surface area contributed by atoms with Gasteiger partial charge in [-0.15, -0.1) is 0 Å². The highest BCUT2D eigenvalue weighted by atomic mass is 16.5. The summed E-state index contributed by atoms with van der Waals surface area (Å²) < 4.78 is 5.59. The molecule has 1 aromatic rings. The van der Waals surface area contributed by atoms with Gasteiger partial charge in [-0.1, -0.05) is 18.2 Å². The normalized spacial score (nSPS) is 21.2. The summed E-state index contributed by atoms with van der Waals surface area (Å²) in [5.74, 6) is 1.41. The molecule has 2 heteroatoms. The Morgan fingerprint density at radius 3 is 2.79 bits per heavy atom. The standard InChI is InChI=1S/C12H17NO/c1-12(2,13)10-7-8-14-11-6-4-3-5-9(10)11/h3-6,10H,7-8,13H2,1-2H3. The van der Waals surface area contributed by atoms with Crippen molar-refractivity contribution in [1.29, 1.82) is 0 Å². The van der Waals surface area contributed by atoms with Crippen LogP contribution in [0.25, 0.3) is 0 Å². The molecule has 0 amide bonds. The van der Waals surface area contributed by atoms with Gasteiger partial charge in [-0.25, -0.2) is 0 Å². The molecule has 0 radical (unpaired) electrons. The fourth-order valence-electron chi connectivity index (χ4n) is 2.11. The fraction of sp³-hybridized carbons (Fsp3) is 0.500. The van der Waals surface area contributed by atoms with E-state index in [0.29, 0.717) is 5.92 Å². The second-order valence-electron chi connectivity index (χ2n) is 4.55. The molecular weight excluding hydrogens is 174 g/mol. The van der Waals surface area contributed by atoms with Gasteiger partial charge >= 0.3 is 0 Å². The van der Waals surface area contributed by atoms with Gasteiger partial charge in [-0.3, -0.25) is 0 Å². The molecule has 76 valence electrons. The zero-order chi connectivity index (χ0) is 10.2. The first-order chi connectivity index (χ1) is 6.59. The average molecular weight is 191 g/mol. The summed E-state index contributed by atoms with van der Waals surface area (Å²) in [6, 6.07) is 8.19. The maximum Gasteiger partial charge on any atom is 0.122 e. The van der Waals surface area contributed by atoms with Gasteiger partial charge in [0.1, 0.15) is 5.75 Å². The summed E-state index contributed by atoms with van der Waals surface area (Å²) >= 11 is 0. The van der Waals surface area contributed by atoms with Crippen LogP contribution < -0.4 is 10.5 Å². The van der Waals surface area contributed by atoms with E-state index < -0.39 is 0 Å². The zero-order valence-electron chi connectivity index (χ0n) is 8.79. The number of rotatable bonds is 1. The van der Waals surface area contributed by atoms with Gasteiger partial charge in [0.05, 0.1) is 6.61 Å².